The quantitative estimate of drug-likeness (QED) is 0.790. The highest BCUT2D eigenvalue weighted by Crippen LogP contribution is 2.40. The van der Waals surface area contributed by atoms with Gasteiger partial charge in [-0.15, -0.1) is 0 Å². The van der Waals surface area contributed by atoms with Gasteiger partial charge in [-0.3, -0.25) is 9.59 Å². The molecule has 3 atom stereocenters. The predicted molar refractivity (Wildman–Crippen MR) is 94.3 cm³/mol. The lowest BCUT2D eigenvalue weighted by molar-refractivity contribution is -0.154. The molecule has 0 aromatic rings. The highest BCUT2D eigenvalue weighted by molar-refractivity contribution is 5.86. The number of carbonyl (C=O) groups excluding carboxylic acids is 2. The van der Waals surface area contributed by atoms with Crippen molar-refractivity contribution in [3.8, 4) is 0 Å². The monoisotopic (exact) mass is 367 g/mol. The fourth-order valence-electron chi connectivity index (χ4n) is 4.73. The summed E-state index contributed by atoms with van der Waals surface area (Å²) in [5.41, 5.74) is -1.64. The minimum Gasteiger partial charge on any atom is -0.363 e. The van der Waals surface area contributed by atoms with Crippen LogP contribution in [-0.2, 0) is 14.3 Å². The van der Waals surface area contributed by atoms with Crippen LogP contribution in [0.1, 0.15) is 44.9 Å². The number of fused-ring (bicyclic) bond motifs is 1. The molecule has 0 bridgehead atoms. The zero-order chi connectivity index (χ0) is 18.1. The summed E-state index contributed by atoms with van der Waals surface area (Å²) in [5, 5.41) is 2.99. The van der Waals surface area contributed by atoms with E-state index in [1.54, 1.807) is 4.90 Å². The van der Waals surface area contributed by atoms with Gasteiger partial charge in [-0.05, 0) is 64.0 Å². The summed E-state index contributed by atoms with van der Waals surface area (Å²) in [6.07, 6.45) is 4.92. The third-order valence-electron chi connectivity index (χ3n) is 6.59. The maximum atomic E-state index is 14.4. The van der Waals surface area contributed by atoms with Gasteiger partial charge in [0.15, 0.2) is 5.67 Å². The van der Waals surface area contributed by atoms with Crippen molar-refractivity contribution in [3.05, 3.63) is 0 Å². The Morgan fingerprint density at radius 2 is 1.92 bits per heavy atom. The number of halogens is 1. The summed E-state index contributed by atoms with van der Waals surface area (Å²) >= 11 is 0. The van der Waals surface area contributed by atoms with E-state index in [4.69, 9.17) is 4.74 Å². The average molecular weight is 367 g/mol. The molecule has 1 aliphatic carbocycles. The van der Waals surface area contributed by atoms with Gasteiger partial charge in [0.25, 0.3) is 5.91 Å². The molecule has 4 aliphatic rings. The predicted octanol–water partition coefficient (Wildman–Crippen LogP) is 1.10. The lowest BCUT2D eigenvalue weighted by Crippen LogP contribution is -2.55. The minimum atomic E-state index is -1.64. The molecule has 1 N–H and O–H groups in total. The average Bonchev–Trinajstić information content (AvgIpc) is 3.27. The van der Waals surface area contributed by atoms with Crippen LogP contribution in [-0.4, -0.2) is 78.8 Å². The molecule has 2 amide bonds. The molecule has 0 radical (unpaired) electrons. The summed E-state index contributed by atoms with van der Waals surface area (Å²) in [5.74, 6) is -0.118. The Hall–Kier alpha value is -1.21. The maximum absolute atomic E-state index is 14.4. The first-order valence-electron chi connectivity index (χ1n) is 10.2. The van der Waals surface area contributed by atoms with Crippen molar-refractivity contribution >= 4 is 11.8 Å². The van der Waals surface area contributed by atoms with Gasteiger partial charge in [-0.2, -0.15) is 0 Å². The van der Waals surface area contributed by atoms with E-state index in [2.05, 4.69) is 10.2 Å². The third-order valence-corrected chi connectivity index (χ3v) is 6.59. The second kappa shape index (κ2) is 7.43. The van der Waals surface area contributed by atoms with Gasteiger partial charge in [0.1, 0.15) is 6.10 Å². The highest BCUT2D eigenvalue weighted by atomic mass is 19.1. The van der Waals surface area contributed by atoms with E-state index in [0.717, 1.165) is 32.5 Å². The van der Waals surface area contributed by atoms with E-state index in [1.165, 1.54) is 12.8 Å². The van der Waals surface area contributed by atoms with Crippen LogP contribution in [0, 0.1) is 5.92 Å². The van der Waals surface area contributed by atoms with Crippen LogP contribution in [0.4, 0.5) is 4.39 Å². The number of hydrogen-bond donors (Lipinski definition) is 1. The first-order valence-corrected chi connectivity index (χ1v) is 10.2. The molecule has 3 aliphatic heterocycles. The van der Waals surface area contributed by atoms with Gasteiger partial charge in [0, 0.05) is 26.2 Å². The Kier molecular flexibility index (Phi) is 5.19. The normalized spacial score (nSPS) is 33.6. The highest BCUT2D eigenvalue weighted by Gasteiger charge is 2.50. The Labute approximate surface area is 154 Å². The fraction of sp³-hybridized carbons (Fsp3) is 0.895. The molecule has 0 aromatic carbocycles. The molecule has 146 valence electrons. The number of nitrogens with zero attached hydrogens (tertiary/aromatic N) is 2. The van der Waals surface area contributed by atoms with Crippen LogP contribution in [0.25, 0.3) is 0 Å². The van der Waals surface area contributed by atoms with Crippen molar-refractivity contribution in [1.82, 2.24) is 15.1 Å². The topological polar surface area (TPSA) is 61.9 Å². The molecule has 0 spiro atoms. The van der Waals surface area contributed by atoms with Gasteiger partial charge in [0.2, 0.25) is 5.91 Å². The molecule has 0 unspecified atom stereocenters. The lowest BCUT2D eigenvalue weighted by atomic mass is 9.80. The van der Waals surface area contributed by atoms with Crippen LogP contribution in [0.3, 0.4) is 0 Å². The van der Waals surface area contributed by atoms with E-state index in [1.807, 2.05) is 0 Å². The molecular formula is C19H30FN3O3. The fourth-order valence-corrected chi connectivity index (χ4v) is 4.73. The number of nitrogens with one attached hydrogen (secondary N) is 1. The number of piperidine rings is 1. The summed E-state index contributed by atoms with van der Waals surface area (Å²) in [7, 11) is 0. The second-order valence-electron chi connectivity index (χ2n) is 8.36. The number of carbonyl (C=O) groups is 2. The molecule has 26 heavy (non-hydrogen) atoms. The summed E-state index contributed by atoms with van der Waals surface area (Å²) < 4.78 is 20.4. The van der Waals surface area contributed by atoms with E-state index in [0.29, 0.717) is 44.8 Å². The summed E-state index contributed by atoms with van der Waals surface area (Å²) in [6, 6.07) is 0. The number of ether oxygens (including phenoxy) is 1. The molecule has 3 heterocycles. The van der Waals surface area contributed by atoms with Gasteiger partial charge in [-0.1, -0.05) is 0 Å². The zero-order valence-electron chi connectivity index (χ0n) is 15.4. The number of likely N-dealkylation sites (tertiary alicyclic amines) is 2. The van der Waals surface area contributed by atoms with Crippen molar-refractivity contribution in [2.45, 2.75) is 62.8 Å². The molecule has 4 fully saturated rings. The Morgan fingerprint density at radius 1 is 1.15 bits per heavy atom. The van der Waals surface area contributed by atoms with E-state index in [9.17, 15) is 14.0 Å². The molecule has 4 rings (SSSR count). The van der Waals surface area contributed by atoms with E-state index in [-0.39, 0.29) is 17.9 Å². The summed E-state index contributed by atoms with van der Waals surface area (Å²) in [4.78, 5) is 28.8. The minimum absolute atomic E-state index is 0.0440. The third kappa shape index (κ3) is 3.60. The first kappa shape index (κ1) is 18.2. The Morgan fingerprint density at radius 3 is 2.62 bits per heavy atom. The smallest absolute Gasteiger partial charge is 0.260 e. The Bertz CT molecular complexity index is 548. The van der Waals surface area contributed by atoms with Crippen molar-refractivity contribution in [2.75, 3.05) is 39.3 Å². The molecule has 7 heteroatoms. The maximum Gasteiger partial charge on any atom is 0.260 e. The standard InChI is InChI=1S/C19H30FN3O3/c20-19(5-3-6-19)18(25)23-10-4-14-12-15(26-16(14)13-23)17(24)21-7-11-22-8-1-2-9-22/h14-16H,1-13H2,(H,21,24)/t14-,15-,16+/m0/s1. The van der Waals surface area contributed by atoms with Gasteiger partial charge < -0.3 is 19.9 Å². The Balaban J connectivity index is 1.23. The molecular weight excluding hydrogens is 337 g/mol. The van der Waals surface area contributed by atoms with Crippen LogP contribution in [0.15, 0.2) is 0 Å². The van der Waals surface area contributed by atoms with Gasteiger partial charge in [0.05, 0.1) is 6.10 Å². The molecule has 6 nitrogen and oxygen atoms in total. The van der Waals surface area contributed by atoms with E-state index >= 15 is 0 Å². The largest absolute Gasteiger partial charge is 0.363 e. The number of amides is 2. The van der Waals surface area contributed by atoms with Crippen molar-refractivity contribution in [2.24, 2.45) is 5.92 Å². The zero-order valence-corrected chi connectivity index (χ0v) is 15.4. The number of alkyl halides is 1. The van der Waals surface area contributed by atoms with Gasteiger partial charge >= 0.3 is 0 Å². The number of hydrogen-bond acceptors (Lipinski definition) is 4. The SMILES string of the molecule is O=C(NCCN1CCCC1)[C@@H]1C[C@@H]2CCN(C(=O)C3(F)CCC3)C[C@H]2O1. The van der Waals surface area contributed by atoms with Crippen molar-refractivity contribution in [1.29, 1.82) is 0 Å². The first-order chi connectivity index (χ1) is 12.5. The van der Waals surface area contributed by atoms with Crippen LogP contribution in [0.5, 0.6) is 0 Å². The van der Waals surface area contributed by atoms with Crippen LogP contribution in [0.2, 0.25) is 0 Å². The van der Waals surface area contributed by atoms with Crippen LogP contribution < -0.4 is 5.32 Å². The van der Waals surface area contributed by atoms with Crippen molar-refractivity contribution < 1.29 is 18.7 Å². The number of rotatable bonds is 5. The molecule has 3 saturated heterocycles. The summed E-state index contributed by atoms with van der Waals surface area (Å²) in [6.45, 7) is 4.81. The molecule has 1 saturated carbocycles. The lowest BCUT2D eigenvalue weighted by Gasteiger charge is -2.41. The van der Waals surface area contributed by atoms with Gasteiger partial charge in [-0.25, -0.2) is 4.39 Å². The second-order valence-corrected chi connectivity index (χ2v) is 8.36. The van der Waals surface area contributed by atoms with Crippen LogP contribution >= 0.6 is 0 Å². The van der Waals surface area contributed by atoms with Crippen molar-refractivity contribution in [3.63, 3.8) is 0 Å². The molecule has 0 aromatic heterocycles. The van der Waals surface area contributed by atoms with E-state index < -0.39 is 11.8 Å².